The van der Waals surface area contributed by atoms with Crippen LogP contribution in [-0.4, -0.2) is 11.9 Å². The predicted octanol–water partition coefficient (Wildman–Crippen LogP) is 4.03. The molecule has 4 nitrogen and oxygen atoms in total. The molecule has 0 fully saturated rings. The molecule has 0 aliphatic rings. The molecule has 0 amide bonds. The molecule has 0 bridgehead atoms. The van der Waals surface area contributed by atoms with Crippen LogP contribution in [-0.2, 0) is 0 Å². The number of fused-ring (bicyclic) bond motifs is 1. The Morgan fingerprint density at radius 1 is 1.08 bits per heavy atom. The number of ketones is 1. The minimum atomic E-state index is -1.10. The lowest BCUT2D eigenvalue weighted by Crippen LogP contribution is -2.24. The maximum Gasteiger partial charge on any atom is 0.336 e. The van der Waals surface area contributed by atoms with Gasteiger partial charge in [-0.25, -0.2) is 13.6 Å². The Hall–Kier alpha value is -3.02. The second kappa shape index (κ2) is 6.47. The zero-order valence-corrected chi connectivity index (χ0v) is 13.5. The van der Waals surface area contributed by atoms with E-state index in [1.165, 1.54) is 25.1 Å². The molecule has 0 unspecified atom stereocenters. The highest BCUT2D eigenvalue weighted by molar-refractivity contribution is 5.99. The number of Topliss-reactive ketones (excluding diaryl/α,β-unsaturated/α-hetero) is 1. The Morgan fingerprint density at radius 2 is 1.84 bits per heavy atom. The first-order chi connectivity index (χ1) is 11.8. The Kier molecular flexibility index (Phi) is 4.35. The average molecular weight is 344 g/mol. The third-order valence-electron chi connectivity index (χ3n) is 3.81. The topological polar surface area (TPSA) is 56.5 Å². The summed E-state index contributed by atoms with van der Waals surface area (Å²) in [5.41, 5.74) is 0.640. The normalized spacial score (nSPS) is 12.2. The summed E-state index contributed by atoms with van der Waals surface area (Å²) in [5.74, 6) is -2.29. The fourth-order valence-electron chi connectivity index (χ4n) is 2.52. The van der Waals surface area contributed by atoms with E-state index in [1.54, 1.807) is 19.1 Å². The molecule has 0 saturated carbocycles. The van der Waals surface area contributed by atoms with E-state index in [4.69, 9.17) is 9.15 Å². The van der Waals surface area contributed by atoms with Crippen LogP contribution < -0.4 is 10.4 Å². The summed E-state index contributed by atoms with van der Waals surface area (Å²) < 4.78 is 36.9. The van der Waals surface area contributed by atoms with Crippen LogP contribution in [0.5, 0.6) is 5.75 Å². The number of hydrogen-bond donors (Lipinski definition) is 0. The van der Waals surface area contributed by atoms with Gasteiger partial charge in [-0.1, -0.05) is 0 Å². The highest BCUT2D eigenvalue weighted by Crippen LogP contribution is 2.23. The van der Waals surface area contributed by atoms with Gasteiger partial charge in [0.1, 0.15) is 11.3 Å². The molecule has 0 N–H and O–H groups in total. The van der Waals surface area contributed by atoms with E-state index in [0.717, 1.165) is 23.1 Å². The van der Waals surface area contributed by atoms with Crippen molar-refractivity contribution in [3.05, 3.63) is 75.6 Å². The third-order valence-corrected chi connectivity index (χ3v) is 3.81. The molecule has 1 atom stereocenters. The van der Waals surface area contributed by atoms with Crippen molar-refractivity contribution >= 4 is 16.8 Å². The van der Waals surface area contributed by atoms with Crippen LogP contribution >= 0.6 is 0 Å². The van der Waals surface area contributed by atoms with Gasteiger partial charge in [0.2, 0.25) is 5.78 Å². The highest BCUT2D eigenvalue weighted by atomic mass is 19.2. The number of carbonyl (C=O) groups is 1. The first-order valence-corrected chi connectivity index (χ1v) is 7.55. The van der Waals surface area contributed by atoms with Crippen molar-refractivity contribution in [2.45, 2.75) is 20.0 Å². The number of ether oxygens (including phenoxy) is 1. The summed E-state index contributed by atoms with van der Waals surface area (Å²) in [6.45, 7) is 3.29. The van der Waals surface area contributed by atoms with Crippen molar-refractivity contribution < 1.29 is 22.7 Å². The van der Waals surface area contributed by atoms with E-state index in [1.807, 2.05) is 0 Å². The van der Waals surface area contributed by atoms with Gasteiger partial charge < -0.3 is 9.15 Å². The Morgan fingerprint density at radius 3 is 2.56 bits per heavy atom. The van der Waals surface area contributed by atoms with E-state index in [2.05, 4.69) is 0 Å². The standard InChI is InChI=1S/C19H14F2O4/c1-10-7-18(22)25-17-9-13(4-5-14(10)17)24-11(2)19(23)12-3-6-15(20)16(21)8-12/h3-9,11H,1-2H3/t11-/m0/s1. The molecule has 0 aliphatic carbocycles. The molecule has 128 valence electrons. The van der Waals surface area contributed by atoms with Gasteiger partial charge in [-0.05, 0) is 49.7 Å². The van der Waals surface area contributed by atoms with Gasteiger partial charge in [0.25, 0.3) is 0 Å². The molecular formula is C19H14F2O4. The number of rotatable bonds is 4. The molecule has 6 heteroatoms. The quantitative estimate of drug-likeness (QED) is 0.530. The average Bonchev–Trinajstić information content (AvgIpc) is 2.56. The molecule has 2 aromatic carbocycles. The summed E-state index contributed by atoms with van der Waals surface area (Å²) in [6, 6.07) is 9.19. The summed E-state index contributed by atoms with van der Waals surface area (Å²) in [7, 11) is 0. The molecule has 1 heterocycles. The summed E-state index contributed by atoms with van der Waals surface area (Å²) in [4.78, 5) is 23.8. The fraction of sp³-hybridized carbons (Fsp3) is 0.158. The van der Waals surface area contributed by atoms with Crippen molar-refractivity contribution in [1.82, 2.24) is 0 Å². The van der Waals surface area contributed by atoms with Gasteiger partial charge in [-0.3, -0.25) is 4.79 Å². The van der Waals surface area contributed by atoms with Gasteiger partial charge in [0.05, 0.1) is 0 Å². The molecular weight excluding hydrogens is 330 g/mol. The van der Waals surface area contributed by atoms with Crippen LogP contribution in [0.2, 0.25) is 0 Å². The van der Waals surface area contributed by atoms with Crippen LogP contribution in [0, 0.1) is 18.6 Å². The van der Waals surface area contributed by atoms with Crippen LogP contribution in [0.1, 0.15) is 22.8 Å². The molecule has 3 rings (SSSR count). The van der Waals surface area contributed by atoms with Gasteiger partial charge in [-0.15, -0.1) is 0 Å². The third kappa shape index (κ3) is 3.42. The van der Waals surface area contributed by atoms with Crippen LogP contribution in [0.15, 0.2) is 51.7 Å². The van der Waals surface area contributed by atoms with E-state index in [9.17, 15) is 18.4 Å². The summed E-state index contributed by atoms with van der Waals surface area (Å²) >= 11 is 0. The second-order valence-electron chi connectivity index (χ2n) is 5.66. The number of benzene rings is 2. The van der Waals surface area contributed by atoms with Gasteiger partial charge in [0, 0.05) is 23.1 Å². The summed E-state index contributed by atoms with van der Waals surface area (Å²) in [5, 5.41) is 0.756. The molecule has 0 saturated heterocycles. The molecule has 0 aliphatic heterocycles. The van der Waals surface area contributed by atoms with Crippen molar-refractivity contribution in [1.29, 1.82) is 0 Å². The smallest absolute Gasteiger partial charge is 0.336 e. The van der Waals surface area contributed by atoms with Gasteiger partial charge in [-0.2, -0.15) is 0 Å². The van der Waals surface area contributed by atoms with Crippen molar-refractivity contribution in [2.75, 3.05) is 0 Å². The SMILES string of the molecule is Cc1cc(=O)oc2cc(O[C@@H](C)C(=O)c3ccc(F)c(F)c3)ccc12. The lowest BCUT2D eigenvalue weighted by Gasteiger charge is -2.14. The maximum atomic E-state index is 13.3. The molecule has 0 radical (unpaired) electrons. The van der Waals surface area contributed by atoms with Crippen molar-refractivity contribution in [3.8, 4) is 5.75 Å². The monoisotopic (exact) mass is 344 g/mol. The first-order valence-electron chi connectivity index (χ1n) is 7.55. The minimum absolute atomic E-state index is 0.00886. The highest BCUT2D eigenvalue weighted by Gasteiger charge is 2.19. The van der Waals surface area contributed by atoms with Gasteiger partial charge in [0.15, 0.2) is 17.7 Å². The van der Waals surface area contributed by atoms with E-state index < -0.39 is 29.1 Å². The predicted molar refractivity (Wildman–Crippen MR) is 88.0 cm³/mol. The van der Waals surface area contributed by atoms with Crippen LogP contribution in [0.4, 0.5) is 8.78 Å². The molecule has 25 heavy (non-hydrogen) atoms. The fourth-order valence-corrected chi connectivity index (χ4v) is 2.52. The number of carbonyl (C=O) groups excluding carboxylic acids is 1. The zero-order chi connectivity index (χ0) is 18.1. The Balaban J connectivity index is 1.85. The van der Waals surface area contributed by atoms with E-state index in [0.29, 0.717) is 11.3 Å². The molecule has 1 aromatic heterocycles. The molecule has 0 spiro atoms. The molecule has 3 aromatic rings. The van der Waals surface area contributed by atoms with Crippen molar-refractivity contribution in [3.63, 3.8) is 0 Å². The lowest BCUT2D eigenvalue weighted by atomic mass is 10.1. The van der Waals surface area contributed by atoms with E-state index in [-0.39, 0.29) is 5.56 Å². The van der Waals surface area contributed by atoms with E-state index >= 15 is 0 Å². The first kappa shape index (κ1) is 16.8. The number of aryl methyl sites for hydroxylation is 1. The van der Waals surface area contributed by atoms with Crippen molar-refractivity contribution in [2.24, 2.45) is 0 Å². The van der Waals surface area contributed by atoms with Crippen LogP contribution in [0.25, 0.3) is 11.0 Å². The Labute approximate surface area is 141 Å². The van der Waals surface area contributed by atoms with Crippen LogP contribution in [0.3, 0.4) is 0 Å². The minimum Gasteiger partial charge on any atom is -0.482 e. The number of halogens is 2. The maximum absolute atomic E-state index is 13.3. The largest absolute Gasteiger partial charge is 0.482 e. The lowest BCUT2D eigenvalue weighted by molar-refractivity contribution is 0.0817. The summed E-state index contributed by atoms with van der Waals surface area (Å²) in [6.07, 6.45) is -0.932. The second-order valence-corrected chi connectivity index (χ2v) is 5.66. The Bertz CT molecular complexity index is 1020. The number of hydrogen-bond acceptors (Lipinski definition) is 4. The van der Waals surface area contributed by atoms with Gasteiger partial charge >= 0.3 is 5.63 Å². The zero-order valence-electron chi connectivity index (χ0n) is 13.5.